The Labute approximate surface area is 113 Å². The van der Waals surface area contributed by atoms with Crippen LogP contribution in [0.15, 0.2) is 12.2 Å². The molecule has 106 valence electrons. The number of hydrogen-bond acceptors (Lipinski definition) is 4. The van der Waals surface area contributed by atoms with Crippen LogP contribution in [-0.4, -0.2) is 40.7 Å². The van der Waals surface area contributed by atoms with Gasteiger partial charge in [0.05, 0.1) is 0 Å². The molecule has 0 unspecified atom stereocenters. The first-order chi connectivity index (χ1) is 8.51. The molecule has 0 saturated heterocycles. The fourth-order valence-electron chi connectivity index (χ4n) is 1.68. The second kappa shape index (κ2) is 9.44. The summed E-state index contributed by atoms with van der Waals surface area (Å²) in [6, 6.07) is 0.797. The Bertz CT molecular complexity index is 249. The SMILES string of the molecule is C=C(C)C(=O)[SiH2]CCC(OCC)(OCC)OCC. The minimum atomic E-state index is -0.972. The third-order valence-electron chi connectivity index (χ3n) is 2.46. The molecule has 4 nitrogen and oxygen atoms in total. The van der Waals surface area contributed by atoms with Crippen molar-refractivity contribution in [1.29, 1.82) is 0 Å². The first-order valence-electron chi connectivity index (χ1n) is 6.61. The highest BCUT2D eigenvalue weighted by molar-refractivity contribution is 6.77. The Balaban J connectivity index is 4.37. The topological polar surface area (TPSA) is 44.8 Å². The highest BCUT2D eigenvalue weighted by Gasteiger charge is 2.32. The third-order valence-corrected chi connectivity index (χ3v) is 4.22. The Morgan fingerprint density at radius 2 is 1.56 bits per heavy atom. The van der Waals surface area contributed by atoms with Crippen LogP contribution in [0.25, 0.3) is 0 Å². The van der Waals surface area contributed by atoms with Gasteiger partial charge in [0.25, 0.3) is 5.97 Å². The van der Waals surface area contributed by atoms with Crippen molar-refractivity contribution < 1.29 is 19.0 Å². The van der Waals surface area contributed by atoms with Crippen molar-refractivity contribution in [2.24, 2.45) is 0 Å². The van der Waals surface area contributed by atoms with Gasteiger partial charge < -0.3 is 19.0 Å². The fourth-order valence-corrected chi connectivity index (χ4v) is 3.04. The molecule has 0 aliphatic carbocycles. The molecule has 0 aromatic rings. The number of allylic oxidation sites excluding steroid dienone is 1. The van der Waals surface area contributed by atoms with Crippen LogP contribution >= 0.6 is 0 Å². The van der Waals surface area contributed by atoms with Gasteiger partial charge in [-0.3, -0.25) is 0 Å². The first kappa shape index (κ1) is 17.5. The van der Waals surface area contributed by atoms with Gasteiger partial charge in [-0.15, -0.1) is 0 Å². The normalized spacial score (nSPS) is 12.2. The van der Waals surface area contributed by atoms with Crippen molar-refractivity contribution in [2.45, 2.75) is 46.1 Å². The van der Waals surface area contributed by atoms with E-state index in [1.54, 1.807) is 6.92 Å². The highest BCUT2D eigenvalue weighted by Crippen LogP contribution is 2.22. The molecule has 0 spiro atoms. The predicted octanol–water partition coefficient (Wildman–Crippen LogP) is 1.83. The lowest BCUT2D eigenvalue weighted by molar-refractivity contribution is -0.377. The summed E-state index contributed by atoms with van der Waals surface area (Å²) in [6.07, 6.45) is 0.605. The molecular formula is C13H26O4Si. The van der Waals surface area contributed by atoms with Crippen molar-refractivity contribution in [3.8, 4) is 0 Å². The van der Waals surface area contributed by atoms with Crippen LogP contribution in [-0.2, 0) is 19.0 Å². The minimum absolute atomic E-state index is 0.216. The van der Waals surface area contributed by atoms with Gasteiger partial charge >= 0.3 is 0 Å². The fraction of sp³-hybridized carbons (Fsp3) is 0.769. The molecule has 0 atom stereocenters. The van der Waals surface area contributed by atoms with E-state index in [0.29, 0.717) is 31.8 Å². The summed E-state index contributed by atoms with van der Waals surface area (Å²) in [7, 11) is -0.821. The Kier molecular flexibility index (Phi) is 9.18. The summed E-state index contributed by atoms with van der Waals surface area (Å²) in [4.78, 5) is 11.5. The van der Waals surface area contributed by atoms with Gasteiger partial charge in [-0.05, 0) is 39.3 Å². The number of carbonyl (C=O) groups is 1. The molecule has 0 aromatic heterocycles. The predicted molar refractivity (Wildman–Crippen MR) is 75.4 cm³/mol. The summed E-state index contributed by atoms with van der Waals surface area (Å²) in [6.45, 7) is 12.7. The van der Waals surface area contributed by atoms with E-state index in [4.69, 9.17) is 14.2 Å². The van der Waals surface area contributed by atoms with E-state index >= 15 is 0 Å². The maximum atomic E-state index is 11.5. The van der Waals surface area contributed by atoms with Crippen LogP contribution in [0.5, 0.6) is 0 Å². The van der Waals surface area contributed by atoms with Crippen LogP contribution < -0.4 is 0 Å². The average molecular weight is 274 g/mol. The molecule has 0 rings (SSSR count). The van der Waals surface area contributed by atoms with E-state index < -0.39 is 15.5 Å². The zero-order chi connectivity index (χ0) is 14.0. The van der Waals surface area contributed by atoms with E-state index in [0.717, 1.165) is 6.04 Å². The summed E-state index contributed by atoms with van der Waals surface area (Å²) in [5.74, 6) is -0.972. The Hall–Kier alpha value is -0.493. The molecule has 0 N–H and O–H groups in total. The van der Waals surface area contributed by atoms with Crippen molar-refractivity contribution in [3.63, 3.8) is 0 Å². The molecule has 0 aromatic carbocycles. The zero-order valence-corrected chi connectivity index (χ0v) is 13.5. The van der Waals surface area contributed by atoms with E-state index in [-0.39, 0.29) is 5.41 Å². The van der Waals surface area contributed by atoms with Crippen molar-refractivity contribution in [3.05, 3.63) is 12.2 Å². The summed E-state index contributed by atoms with van der Waals surface area (Å²) < 4.78 is 16.8. The van der Waals surface area contributed by atoms with Crippen LogP contribution in [0.4, 0.5) is 0 Å². The summed E-state index contributed by atoms with van der Waals surface area (Å²) in [5, 5.41) is 0.216. The summed E-state index contributed by atoms with van der Waals surface area (Å²) >= 11 is 0. The van der Waals surface area contributed by atoms with Crippen LogP contribution in [0, 0.1) is 0 Å². The third kappa shape index (κ3) is 6.44. The molecule has 5 heteroatoms. The molecular weight excluding hydrogens is 248 g/mol. The van der Waals surface area contributed by atoms with Crippen LogP contribution in [0.3, 0.4) is 0 Å². The second-order valence-electron chi connectivity index (χ2n) is 4.04. The van der Waals surface area contributed by atoms with Gasteiger partial charge in [0.1, 0.15) is 14.9 Å². The smallest absolute Gasteiger partial charge is 0.282 e. The van der Waals surface area contributed by atoms with E-state index in [1.165, 1.54) is 0 Å². The maximum absolute atomic E-state index is 11.5. The number of ether oxygens (including phenoxy) is 3. The maximum Gasteiger partial charge on any atom is 0.282 e. The molecule has 0 aliphatic heterocycles. The number of rotatable bonds is 11. The largest absolute Gasteiger partial charge is 0.328 e. The van der Waals surface area contributed by atoms with E-state index in [2.05, 4.69) is 6.58 Å². The molecule has 0 fully saturated rings. The molecule has 0 heterocycles. The zero-order valence-electron chi connectivity index (χ0n) is 12.1. The second-order valence-corrected chi connectivity index (χ2v) is 5.89. The van der Waals surface area contributed by atoms with Gasteiger partial charge in [-0.2, -0.15) is 0 Å². The first-order valence-corrected chi connectivity index (χ1v) is 8.32. The van der Waals surface area contributed by atoms with Gasteiger partial charge in [-0.25, -0.2) is 0 Å². The lowest BCUT2D eigenvalue weighted by atomic mass is 10.4. The number of carbonyl (C=O) groups excluding carboxylic acids is 1. The lowest BCUT2D eigenvalue weighted by Crippen LogP contribution is -2.40. The highest BCUT2D eigenvalue weighted by atomic mass is 28.2. The summed E-state index contributed by atoms with van der Waals surface area (Å²) in [5.41, 5.74) is 0.650. The average Bonchev–Trinajstić information content (AvgIpc) is 2.29. The van der Waals surface area contributed by atoms with Crippen LogP contribution in [0.2, 0.25) is 6.04 Å². The molecule has 0 saturated carbocycles. The molecule has 0 amide bonds. The van der Waals surface area contributed by atoms with Gasteiger partial charge in [0.15, 0.2) is 0 Å². The van der Waals surface area contributed by atoms with Gasteiger partial charge in [0.2, 0.25) is 0 Å². The van der Waals surface area contributed by atoms with Crippen LogP contribution in [0.1, 0.15) is 34.1 Å². The van der Waals surface area contributed by atoms with Gasteiger partial charge in [-0.1, -0.05) is 6.58 Å². The number of hydrogen-bond donors (Lipinski definition) is 0. The quantitative estimate of drug-likeness (QED) is 0.327. The molecule has 18 heavy (non-hydrogen) atoms. The molecule has 0 bridgehead atoms. The van der Waals surface area contributed by atoms with E-state index in [9.17, 15) is 4.79 Å². The van der Waals surface area contributed by atoms with E-state index in [1.807, 2.05) is 20.8 Å². The minimum Gasteiger partial charge on any atom is -0.328 e. The molecule has 0 radical (unpaired) electrons. The lowest BCUT2D eigenvalue weighted by Gasteiger charge is -2.32. The standard InChI is InChI=1S/C13H26O4Si/c1-6-15-13(16-7-2,17-8-3)9-10-18-12(14)11(4)5/h4,6-10,18H2,1-3,5H3. The molecule has 0 aliphatic rings. The van der Waals surface area contributed by atoms with Gasteiger partial charge in [0, 0.05) is 26.2 Å². The Morgan fingerprint density at radius 1 is 1.11 bits per heavy atom. The Morgan fingerprint density at radius 3 is 1.89 bits per heavy atom. The monoisotopic (exact) mass is 274 g/mol. The van der Waals surface area contributed by atoms with Crippen molar-refractivity contribution >= 4 is 14.9 Å². The van der Waals surface area contributed by atoms with Crippen molar-refractivity contribution in [1.82, 2.24) is 0 Å². The van der Waals surface area contributed by atoms with Crippen molar-refractivity contribution in [2.75, 3.05) is 19.8 Å².